The Morgan fingerprint density at radius 3 is 1.89 bits per heavy atom. The van der Waals surface area contributed by atoms with Crippen molar-refractivity contribution in [3.63, 3.8) is 0 Å². The third-order valence-corrected chi connectivity index (χ3v) is 9.62. The van der Waals surface area contributed by atoms with Crippen LogP contribution >= 0.6 is 0 Å². The minimum absolute atomic E-state index is 0.0230. The summed E-state index contributed by atoms with van der Waals surface area (Å²) in [6.45, 7) is 5.00. The summed E-state index contributed by atoms with van der Waals surface area (Å²) in [6.07, 6.45) is 24.9. The summed E-state index contributed by atoms with van der Waals surface area (Å²) in [5.41, 5.74) is 0. The summed E-state index contributed by atoms with van der Waals surface area (Å²) in [5.74, 6) is 2.75. The lowest BCUT2D eigenvalue weighted by Gasteiger charge is -2.40. The monoisotopic (exact) mass is 516 g/mol. The van der Waals surface area contributed by atoms with Gasteiger partial charge >= 0.3 is 0 Å². The van der Waals surface area contributed by atoms with Crippen LogP contribution in [0.5, 0.6) is 11.5 Å². The number of benzene rings is 1. The van der Waals surface area contributed by atoms with Crippen molar-refractivity contribution in [2.75, 3.05) is 13.2 Å². The van der Waals surface area contributed by atoms with Crippen molar-refractivity contribution in [2.24, 2.45) is 35.5 Å². The van der Waals surface area contributed by atoms with Gasteiger partial charge in [0.25, 0.3) is 0 Å². The minimum atomic E-state index is -0.958. The summed E-state index contributed by atoms with van der Waals surface area (Å²) >= 11 is 0. The smallest absolute Gasteiger partial charge is 0.204 e. The van der Waals surface area contributed by atoms with Crippen molar-refractivity contribution in [2.45, 2.75) is 110 Å². The predicted octanol–water partition coefficient (Wildman–Crippen LogP) is 9.91. The molecule has 0 saturated heterocycles. The molecular formula is C33H50F2O2. The van der Waals surface area contributed by atoms with E-state index in [-0.39, 0.29) is 17.4 Å². The highest BCUT2D eigenvalue weighted by molar-refractivity contribution is 5.35. The van der Waals surface area contributed by atoms with Crippen LogP contribution in [0.2, 0.25) is 0 Å². The maximum absolute atomic E-state index is 14.4. The molecule has 0 radical (unpaired) electrons. The Bertz CT molecular complexity index is 837. The summed E-state index contributed by atoms with van der Waals surface area (Å²) in [7, 11) is 0. The van der Waals surface area contributed by atoms with Crippen molar-refractivity contribution in [1.29, 1.82) is 0 Å². The fourth-order valence-corrected chi connectivity index (χ4v) is 7.25. The number of rotatable bonds is 12. The van der Waals surface area contributed by atoms with Crippen molar-refractivity contribution in [3.05, 3.63) is 35.9 Å². The van der Waals surface area contributed by atoms with E-state index in [1.165, 1.54) is 95.6 Å². The van der Waals surface area contributed by atoms with Crippen LogP contribution in [-0.2, 0) is 0 Å². The van der Waals surface area contributed by atoms with Crippen LogP contribution in [0.1, 0.15) is 110 Å². The van der Waals surface area contributed by atoms with Gasteiger partial charge in [-0.15, -0.1) is 0 Å². The van der Waals surface area contributed by atoms with E-state index in [4.69, 9.17) is 9.47 Å². The number of hydrogen-bond acceptors (Lipinski definition) is 2. The molecule has 4 heteroatoms. The molecule has 0 aromatic heterocycles. The van der Waals surface area contributed by atoms with Gasteiger partial charge in [-0.1, -0.05) is 64.5 Å². The van der Waals surface area contributed by atoms with Gasteiger partial charge in [0.15, 0.2) is 11.5 Å². The Hall–Kier alpha value is -1.58. The van der Waals surface area contributed by atoms with E-state index in [0.717, 1.165) is 36.5 Å². The lowest BCUT2D eigenvalue weighted by molar-refractivity contribution is 0.125. The normalized spacial score (nSPS) is 30.3. The van der Waals surface area contributed by atoms with E-state index in [1.807, 2.05) is 6.92 Å². The van der Waals surface area contributed by atoms with Gasteiger partial charge in [-0.25, -0.2) is 0 Å². The molecule has 2 atom stereocenters. The fraction of sp³-hybridized carbons (Fsp3) is 0.758. The van der Waals surface area contributed by atoms with Crippen LogP contribution in [0.15, 0.2) is 24.3 Å². The lowest BCUT2D eigenvalue weighted by atomic mass is 9.66. The summed E-state index contributed by atoms with van der Waals surface area (Å²) in [5, 5.41) is 0. The van der Waals surface area contributed by atoms with Crippen molar-refractivity contribution < 1.29 is 18.3 Å². The van der Waals surface area contributed by atoms with E-state index >= 15 is 0 Å². The zero-order valence-corrected chi connectivity index (χ0v) is 23.4. The highest BCUT2D eigenvalue weighted by Crippen LogP contribution is 2.45. The quantitative estimate of drug-likeness (QED) is 0.203. The molecule has 0 aliphatic heterocycles. The number of unbranched alkanes of at least 4 members (excludes halogenated alkanes) is 2. The van der Waals surface area contributed by atoms with E-state index in [1.54, 1.807) is 0 Å². The summed E-state index contributed by atoms with van der Waals surface area (Å²) in [4.78, 5) is 0. The molecule has 0 spiro atoms. The largest absolute Gasteiger partial charge is 0.490 e. The fourth-order valence-electron chi connectivity index (χ4n) is 7.25. The van der Waals surface area contributed by atoms with Gasteiger partial charge in [0.1, 0.15) is 0 Å². The van der Waals surface area contributed by atoms with Gasteiger partial charge in [0, 0.05) is 5.92 Å². The Kier molecular flexibility index (Phi) is 11.2. The van der Waals surface area contributed by atoms with Gasteiger partial charge in [0.2, 0.25) is 11.6 Å². The molecule has 4 rings (SSSR count). The van der Waals surface area contributed by atoms with E-state index in [2.05, 4.69) is 19.1 Å². The van der Waals surface area contributed by atoms with Gasteiger partial charge in [-0.05, 0) is 99.5 Å². The standard InChI is InChI=1S/C33H50F2O2/c1-3-5-6-7-24-8-12-26(13-9-24)28-16-18-29(19-17-28)27-14-10-25(11-15-27)23-37-31-21-20-30(36-22-4-2)32(34)33(31)35/h10,14,20-21,24-29H,3-9,11-13,15-19,22-23H2,1-2H3. The van der Waals surface area contributed by atoms with E-state index in [9.17, 15) is 8.78 Å². The molecule has 37 heavy (non-hydrogen) atoms. The average molecular weight is 517 g/mol. The molecule has 0 N–H and O–H groups in total. The Morgan fingerprint density at radius 1 is 0.676 bits per heavy atom. The molecule has 2 fully saturated rings. The number of halogens is 2. The van der Waals surface area contributed by atoms with Crippen LogP contribution in [0.4, 0.5) is 8.78 Å². The molecule has 2 nitrogen and oxygen atoms in total. The highest BCUT2D eigenvalue weighted by Gasteiger charge is 2.33. The Morgan fingerprint density at radius 2 is 1.30 bits per heavy atom. The third-order valence-electron chi connectivity index (χ3n) is 9.62. The first-order chi connectivity index (χ1) is 18.1. The van der Waals surface area contributed by atoms with Crippen LogP contribution in [-0.4, -0.2) is 13.2 Å². The van der Waals surface area contributed by atoms with Crippen LogP contribution in [0.3, 0.4) is 0 Å². The molecule has 208 valence electrons. The van der Waals surface area contributed by atoms with Gasteiger partial charge in [-0.2, -0.15) is 8.78 Å². The second kappa shape index (κ2) is 14.5. The van der Waals surface area contributed by atoms with Crippen LogP contribution in [0, 0.1) is 47.1 Å². The summed E-state index contributed by atoms with van der Waals surface area (Å²) < 4.78 is 39.6. The third kappa shape index (κ3) is 7.96. The number of ether oxygens (including phenoxy) is 2. The number of hydrogen-bond donors (Lipinski definition) is 0. The van der Waals surface area contributed by atoms with E-state index < -0.39 is 11.6 Å². The zero-order chi connectivity index (χ0) is 26.0. The topological polar surface area (TPSA) is 18.5 Å². The van der Waals surface area contributed by atoms with Crippen molar-refractivity contribution in [1.82, 2.24) is 0 Å². The highest BCUT2D eigenvalue weighted by atomic mass is 19.2. The second-order valence-electron chi connectivity index (χ2n) is 12.2. The molecule has 0 heterocycles. The first-order valence-electron chi connectivity index (χ1n) is 15.5. The first-order valence-corrected chi connectivity index (χ1v) is 15.5. The van der Waals surface area contributed by atoms with E-state index in [0.29, 0.717) is 19.1 Å². The number of allylic oxidation sites excluding steroid dienone is 1. The molecule has 3 aliphatic rings. The van der Waals surface area contributed by atoms with Gasteiger partial charge in [-0.3, -0.25) is 0 Å². The van der Waals surface area contributed by atoms with Crippen LogP contribution in [0.25, 0.3) is 0 Å². The molecule has 0 amide bonds. The van der Waals surface area contributed by atoms with Crippen LogP contribution < -0.4 is 9.47 Å². The molecule has 0 bridgehead atoms. The lowest BCUT2D eigenvalue weighted by Crippen LogP contribution is -2.29. The van der Waals surface area contributed by atoms with Gasteiger partial charge in [0.05, 0.1) is 13.2 Å². The summed E-state index contributed by atoms with van der Waals surface area (Å²) in [6, 6.07) is 2.95. The zero-order valence-electron chi connectivity index (χ0n) is 23.4. The molecule has 1 aromatic rings. The Balaban J connectivity index is 1.16. The van der Waals surface area contributed by atoms with Gasteiger partial charge < -0.3 is 9.47 Å². The SMILES string of the molecule is CCCCCC1CCC(C2CCC(C3C=CC(COc4ccc(OCCC)c(F)c4F)CC3)CC2)CC1. The first kappa shape index (κ1) is 28.4. The molecule has 1 aromatic carbocycles. The molecule has 2 unspecified atom stereocenters. The Labute approximate surface area is 224 Å². The molecule has 3 aliphatic carbocycles. The average Bonchev–Trinajstić information content (AvgIpc) is 2.94. The molecule has 2 saturated carbocycles. The van der Waals surface area contributed by atoms with Crippen molar-refractivity contribution in [3.8, 4) is 11.5 Å². The maximum Gasteiger partial charge on any atom is 0.204 e. The second-order valence-corrected chi connectivity index (χ2v) is 12.2. The molecular weight excluding hydrogens is 466 g/mol. The maximum atomic E-state index is 14.4. The van der Waals surface area contributed by atoms with Crippen molar-refractivity contribution >= 4 is 0 Å². The predicted molar refractivity (Wildman–Crippen MR) is 148 cm³/mol. The minimum Gasteiger partial charge on any atom is -0.490 e.